The van der Waals surface area contributed by atoms with Crippen LogP contribution in [0.1, 0.15) is 26.7 Å². The third kappa shape index (κ3) is 5.57. The molecule has 10 heteroatoms. The third-order valence-corrected chi connectivity index (χ3v) is 5.18. The van der Waals surface area contributed by atoms with Crippen LogP contribution in [0, 0.1) is 0 Å². The number of rotatable bonds is 7. The van der Waals surface area contributed by atoms with Gasteiger partial charge in [-0.1, -0.05) is 0 Å². The molecule has 0 atom stereocenters. The molecule has 172 valence electrons. The molecule has 0 bridgehead atoms. The van der Waals surface area contributed by atoms with Crippen molar-refractivity contribution in [3.8, 4) is 11.4 Å². The fourth-order valence-electron chi connectivity index (χ4n) is 3.56. The van der Waals surface area contributed by atoms with Crippen molar-refractivity contribution in [1.29, 1.82) is 0 Å². The summed E-state index contributed by atoms with van der Waals surface area (Å²) in [6, 6.07) is 6.71. The van der Waals surface area contributed by atoms with Crippen LogP contribution in [0.5, 0.6) is 5.75 Å². The second kappa shape index (κ2) is 10.7. The number of carbonyl (C=O) groups is 2. The van der Waals surface area contributed by atoms with Crippen molar-refractivity contribution in [2.24, 2.45) is 0 Å². The van der Waals surface area contributed by atoms with Gasteiger partial charge in [0.25, 0.3) is 0 Å². The number of likely N-dealkylation sites (tertiary alicyclic amines) is 1. The van der Waals surface area contributed by atoms with Gasteiger partial charge in [0, 0.05) is 37.2 Å². The summed E-state index contributed by atoms with van der Waals surface area (Å²) < 4.78 is 12.7. The van der Waals surface area contributed by atoms with E-state index in [4.69, 9.17) is 9.47 Å². The lowest BCUT2D eigenvalue weighted by Crippen LogP contribution is -2.48. The highest BCUT2D eigenvalue weighted by atomic mass is 16.6. The molecule has 2 aromatic rings. The summed E-state index contributed by atoms with van der Waals surface area (Å²) in [5.41, 5.74) is -0.999. The number of hydrogen-bond donors (Lipinski definition) is 1. The molecule has 1 aromatic heterocycles. The predicted octanol–water partition coefficient (Wildman–Crippen LogP) is 1.13. The van der Waals surface area contributed by atoms with Gasteiger partial charge in [0.2, 0.25) is 5.91 Å². The van der Waals surface area contributed by atoms with E-state index in [1.54, 1.807) is 36.1 Å². The first-order valence-electron chi connectivity index (χ1n) is 10.7. The Bertz CT molecular complexity index is 1050. The van der Waals surface area contributed by atoms with Gasteiger partial charge >= 0.3 is 17.2 Å². The number of benzene rings is 1. The average molecular weight is 444 g/mol. The van der Waals surface area contributed by atoms with E-state index in [1.807, 2.05) is 6.92 Å². The van der Waals surface area contributed by atoms with E-state index in [2.05, 4.69) is 5.32 Å². The van der Waals surface area contributed by atoms with Crippen LogP contribution in [-0.4, -0.2) is 58.4 Å². The largest absolute Gasteiger partial charge is 0.494 e. The smallest absolute Gasteiger partial charge is 0.409 e. The number of amides is 2. The molecule has 1 aromatic carbocycles. The number of carbonyl (C=O) groups excluding carboxylic acids is 2. The van der Waals surface area contributed by atoms with Gasteiger partial charge in [0.15, 0.2) is 0 Å². The minimum atomic E-state index is -0.784. The molecule has 1 N–H and O–H groups in total. The Morgan fingerprint density at radius 3 is 2.31 bits per heavy atom. The Morgan fingerprint density at radius 2 is 1.69 bits per heavy atom. The van der Waals surface area contributed by atoms with Gasteiger partial charge in [-0.25, -0.2) is 4.79 Å². The van der Waals surface area contributed by atoms with Crippen molar-refractivity contribution >= 4 is 12.0 Å². The minimum Gasteiger partial charge on any atom is -0.494 e. The lowest BCUT2D eigenvalue weighted by molar-refractivity contribution is -0.122. The van der Waals surface area contributed by atoms with Crippen molar-refractivity contribution in [2.75, 3.05) is 26.3 Å². The number of ether oxygens (including phenoxy) is 2. The Balaban J connectivity index is 1.60. The molecule has 0 unspecified atom stereocenters. The fraction of sp³-hybridized carbons (Fsp3) is 0.455. The van der Waals surface area contributed by atoms with Crippen LogP contribution >= 0.6 is 0 Å². The summed E-state index contributed by atoms with van der Waals surface area (Å²) >= 11 is 0. The van der Waals surface area contributed by atoms with E-state index in [9.17, 15) is 19.2 Å². The number of hydrogen-bond acceptors (Lipinski definition) is 6. The molecule has 2 amide bonds. The van der Waals surface area contributed by atoms with Gasteiger partial charge in [-0.3, -0.25) is 23.5 Å². The highest BCUT2D eigenvalue weighted by Crippen LogP contribution is 2.14. The van der Waals surface area contributed by atoms with E-state index in [0.717, 1.165) is 4.57 Å². The molecule has 1 aliphatic heterocycles. The first kappa shape index (κ1) is 23.1. The molecule has 10 nitrogen and oxygen atoms in total. The van der Waals surface area contributed by atoms with E-state index in [-0.39, 0.29) is 24.6 Å². The van der Waals surface area contributed by atoms with Gasteiger partial charge in [0.05, 0.1) is 13.2 Å². The second-order valence-corrected chi connectivity index (χ2v) is 7.36. The van der Waals surface area contributed by atoms with Crippen LogP contribution < -0.4 is 21.2 Å². The first-order valence-corrected chi connectivity index (χ1v) is 10.7. The van der Waals surface area contributed by atoms with Gasteiger partial charge in [-0.2, -0.15) is 0 Å². The Morgan fingerprint density at radius 1 is 1.00 bits per heavy atom. The summed E-state index contributed by atoms with van der Waals surface area (Å²) in [4.78, 5) is 50.8. The fourth-order valence-corrected chi connectivity index (χ4v) is 3.56. The van der Waals surface area contributed by atoms with Gasteiger partial charge < -0.3 is 19.7 Å². The number of aromatic nitrogens is 2. The summed E-state index contributed by atoms with van der Waals surface area (Å²) in [7, 11) is 0. The predicted molar refractivity (Wildman–Crippen MR) is 117 cm³/mol. The number of piperidine rings is 1. The normalized spacial score (nSPS) is 14.1. The molecule has 0 aliphatic carbocycles. The van der Waals surface area contributed by atoms with Crippen molar-refractivity contribution in [3.63, 3.8) is 0 Å². The molecule has 2 heterocycles. The van der Waals surface area contributed by atoms with Crippen LogP contribution in [0.2, 0.25) is 0 Å². The minimum absolute atomic E-state index is 0.104. The monoisotopic (exact) mass is 444 g/mol. The summed E-state index contributed by atoms with van der Waals surface area (Å²) in [6.45, 7) is 5.20. The molecule has 32 heavy (non-hydrogen) atoms. The molecular formula is C22H28N4O6. The standard InChI is InChI=1S/C22H28N4O6/c1-3-31-18-7-5-17(6-8-18)26-14-13-25(20(28)21(26)29)15-19(27)23-16-9-11-24(12-10-16)22(30)32-4-2/h5-8,13-14,16H,3-4,9-12,15H2,1-2H3,(H,23,27). The van der Waals surface area contributed by atoms with Crippen LogP contribution in [0.4, 0.5) is 4.79 Å². The van der Waals surface area contributed by atoms with Crippen molar-refractivity contribution in [1.82, 2.24) is 19.4 Å². The zero-order valence-electron chi connectivity index (χ0n) is 18.3. The van der Waals surface area contributed by atoms with E-state index >= 15 is 0 Å². The summed E-state index contributed by atoms with van der Waals surface area (Å²) in [5, 5.41) is 2.87. The van der Waals surface area contributed by atoms with Crippen LogP contribution in [0.3, 0.4) is 0 Å². The van der Waals surface area contributed by atoms with E-state index in [0.29, 0.717) is 50.6 Å². The third-order valence-electron chi connectivity index (χ3n) is 5.18. The van der Waals surface area contributed by atoms with Crippen molar-refractivity contribution in [2.45, 2.75) is 39.3 Å². The maximum Gasteiger partial charge on any atom is 0.409 e. The second-order valence-electron chi connectivity index (χ2n) is 7.36. The lowest BCUT2D eigenvalue weighted by atomic mass is 10.1. The topological polar surface area (TPSA) is 112 Å². The average Bonchev–Trinajstić information content (AvgIpc) is 2.79. The maximum atomic E-state index is 12.5. The molecular weight excluding hydrogens is 416 g/mol. The van der Waals surface area contributed by atoms with Crippen molar-refractivity contribution in [3.05, 3.63) is 57.4 Å². The van der Waals surface area contributed by atoms with E-state index < -0.39 is 11.1 Å². The summed E-state index contributed by atoms with van der Waals surface area (Å²) in [6.07, 6.45) is 3.72. The zero-order valence-corrected chi connectivity index (χ0v) is 18.3. The van der Waals surface area contributed by atoms with Crippen LogP contribution in [0.25, 0.3) is 5.69 Å². The molecule has 0 radical (unpaired) electrons. The highest BCUT2D eigenvalue weighted by Gasteiger charge is 2.24. The van der Waals surface area contributed by atoms with E-state index in [1.165, 1.54) is 17.0 Å². The number of nitrogens with one attached hydrogen (secondary N) is 1. The molecule has 0 saturated carbocycles. The van der Waals surface area contributed by atoms with Crippen molar-refractivity contribution < 1.29 is 19.1 Å². The molecule has 1 fully saturated rings. The number of nitrogens with zero attached hydrogens (tertiary/aromatic N) is 3. The molecule has 1 saturated heterocycles. The quantitative estimate of drug-likeness (QED) is 0.641. The summed E-state index contributed by atoms with van der Waals surface area (Å²) in [5.74, 6) is 0.308. The van der Waals surface area contributed by atoms with Gasteiger partial charge in [-0.05, 0) is 51.0 Å². The first-order chi connectivity index (χ1) is 15.4. The molecule has 0 spiro atoms. The van der Waals surface area contributed by atoms with Crippen LogP contribution in [-0.2, 0) is 16.1 Å². The Labute approximate surface area is 185 Å². The van der Waals surface area contributed by atoms with Crippen LogP contribution in [0.15, 0.2) is 46.2 Å². The SMILES string of the molecule is CCOC(=O)N1CCC(NC(=O)Cn2ccn(-c3ccc(OCC)cc3)c(=O)c2=O)CC1. The molecule has 1 aliphatic rings. The highest BCUT2D eigenvalue weighted by molar-refractivity contribution is 5.76. The van der Waals surface area contributed by atoms with Gasteiger partial charge in [-0.15, -0.1) is 0 Å². The Kier molecular flexibility index (Phi) is 7.69. The lowest BCUT2D eigenvalue weighted by Gasteiger charge is -2.31. The Hall–Kier alpha value is -3.56. The molecule has 3 rings (SSSR count). The van der Waals surface area contributed by atoms with Gasteiger partial charge in [0.1, 0.15) is 12.3 Å². The zero-order chi connectivity index (χ0) is 23.1. The maximum absolute atomic E-state index is 12.5.